The highest BCUT2D eigenvalue weighted by molar-refractivity contribution is 5.90. The van der Waals surface area contributed by atoms with Crippen LogP contribution in [0.15, 0.2) is 65.1 Å². The summed E-state index contributed by atoms with van der Waals surface area (Å²) in [5.74, 6) is -1.52. The van der Waals surface area contributed by atoms with Gasteiger partial charge in [-0.25, -0.2) is 0 Å². The number of amides is 3. The predicted octanol–water partition coefficient (Wildman–Crippen LogP) is 7.68. The summed E-state index contributed by atoms with van der Waals surface area (Å²) in [4.78, 5) is 73.4. The van der Waals surface area contributed by atoms with E-state index in [2.05, 4.69) is 27.6 Å². The fourth-order valence-electron chi connectivity index (χ4n) is 10.0. The number of methoxy groups -OCH3 is 2. The molecular formula is C53H80N6O9. The first-order valence-electron chi connectivity index (χ1n) is 24.7. The maximum atomic E-state index is 14.5. The van der Waals surface area contributed by atoms with Crippen molar-refractivity contribution < 1.29 is 43.0 Å². The number of carboxylic acids is 1. The van der Waals surface area contributed by atoms with E-state index in [9.17, 15) is 24.0 Å². The van der Waals surface area contributed by atoms with Crippen LogP contribution in [0, 0.1) is 23.7 Å². The zero-order valence-corrected chi connectivity index (χ0v) is 42.6. The Morgan fingerprint density at radius 1 is 0.882 bits per heavy atom. The number of aliphatic carboxylic acids is 1. The number of hydrogen-bond donors (Lipinski definition) is 2. The molecule has 1 saturated heterocycles. The van der Waals surface area contributed by atoms with Crippen LogP contribution in [-0.4, -0.2) is 137 Å². The Kier molecular flexibility index (Phi) is 22.3. The van der Waals surface area contributed by atoms with Gasteiger partial charge in [0.15, 0.2) is 0 Å². The molecule has 2 aromatic carbocycles. The third kappa shape index (κ3) is 15.3. The average Bonchev–Trinajstić information content (AvgIpc) is 4.02. The monoisotopic (exact) mass is 945 g/mol. The minimum absolute atomic E-state index is 0.00213. The number of rotatable bonds is 29. The van der Waals surface area contributed by atoms with E-state index < -0.39 is 42.2 Å². The van der Waals surface area contributed by atoms with Crippen LogP contribution in [0.3, 0.4) is 0 Å². The Morgan fingerprint density at radius 3 is 2.13 bits per heavy atom. The maximum absolute atomic E-state index is 14.5. The molecule has 376 valence electrons. The third-order valence-electron chi connectivity index (χ3n) is 14.0. The molecule has 1 aromatic heterocycles. The van der Waals surface area contributed by atoms with Gasteiger partial charge in [0.25, 0.3) is 0 Å². The summed E-state index contributed by atoms with van der Waals surface area (Å²) in [6, 6.07) is 17.6. The number of Topliss-reactive ketones (excluding diaryl/α,β-unsaturated/α-hetero) is 1. The van der Waals surface area contributed by atoms with E-state index in [0.29, 0.717) is 69.8 Å². The highest BCUT2D eigenvalue weighted by Crippen LogP contribution is 2.32. The van der Waals surface area contributed by atoms with Gasteiger partial charge in [-0.1, -0.05) is 103 Å². The fourth-order valence-corrected chi connectivity index (χ4v) is 10.0. The van der Waals surface area contributed by atoms with Crippen molar-refractivity contribution in [1.82, 2.24) is 30.2 Å². The Morgan fingerprint density at radius 2 is 1.54 bits per heavy atom. The second-order valence-electron chi connectivity index (χ2n) is 19.5. The molecule has 4 rings (SSSR count). The number of nitrogens with zero attached hydrogens (tertiary/aromatic N) is 5. The van der Waals surface area contributed by atoms with Crippen molar-refractivity contribution >= 4 is 29.5 Å². The summed E-state index contributed by atoms with van der Waals surface area (Å²) >= 11 is 0. The molecule has 3 aromatic rings. The molecule has 0 saturated carbocycles. The Labute approximate surface area is 405 Å². The molecule has 15 nitrogen and oxygen atoms in total. The van der Waals surface area contributed by atoms with E-state index in [4.69, 9.17) is 19.0 Å². The zero-order chi connectivity index (χ0) is 50.1. The number of aromatic nitrogens is 2. The molecule has 1 aliphatic heterocycles. The normalized spacial score (nSPS) is 17.6. The minimum atomic E-state index is -0.891. The first-order chi connectivity index (χ1) is 32.4. The van der Waals surface area contributed by atoms with E-state index >= 15 is 0 Å². The molecule has 0 radical (unpaired) electrons. The van der Waals surface area contributed by atoms with Crippen molar-refractivity contribution in [3.63, 3.8) is 0 Å². The van der Waals surface area contributed by atoms with Gasteiger partial charge in [0, 0.05) is 58.1 Å². The van der Waals surface area contributed by atoms with Gasteiger partial charge in [0.05, 0.1) is 36.8 Å². The van der Waals surface area contributed by atoms with Crippen LogP contribution in [0.4, 0.5) is 0 Å². The minimum Gasteiger partial charge on any atom is -0.481 e. The average molecular weight is 945 g/mol. The third-order valence-corrected chi connectivity index (χ3v) is 14.0. The number of hydrogen-bond acceptors (Lipinski definition) is 11. The van der Waals surface area contributed by atoms with Crippen molar-refractivity contribution in [2.45, 2.75) is 155 Å². The number of carbonyl (C=O) groups excluding carboxylic acids is 4. The number of ketones is 1. The van der Waals surface area contributed by atoms with E-state index in [1.54, 1.807) is 33.2 Å². The quantitative estimate of drug-likeness (QED) is 0.0693. The summed E-state index contributed by atoms with van der Waals surface area (Å²) in [5.41, 5.74) is 1.99. The molecule has 9 atom stereocenters. The molecular weight excluding hydrogens is 865 g/mol. The SMILES string of the molecule is CC[C@H](C)[C@@H]([C@@H](CC(=O)N1CCC[C@H]1[C@H](OC)[C@@H](C)C(=O)CCCC(Cc1ccccc1)c1nnc(-c2ccccc2)o1)OC)N(C)C(=O)[C@@H](NC(=O)[C@H](C(C)C)N(C)CCCC(=O)O)C(C)C. The van der Waals surface area contributed by atoms with Crippen molar-refractivity contribution in [2.24, 2.45) is 23.7 Å². The standard InChI is InChI=1S/C53H80N6O9/c1-12-36(6)48(58(9)53(65)46(34(2)3)54-50(64)47(35(4)5)57(8)30-21-29-45(62)63)43(66-10)33-44(61)59-31-20-27-41(59)49(67-11)37(7)42(60)28-19-26-40(32-38-22-15-13-16-23-38)52-56-55-51(68-52)39-24-17-14-18-25-39/h13-18,22-25,34-37,40-41,43,46-49H,12,19-21,26-33H2,1-11H3,(H,54,64)(H,62,63)/t36-,37-,40?,41-,43+,46-,47-,48-,49+/m0/s1. The lowest BCUT2D eigenvalue weighted by molar-refractivity contribution is -0.148. The van der Waals surface area contributed by atoms with E-state index in [1.165, 1.54) is 0 Å². The van der Waals surface area contributed by atoms with Gasteiger partial charge >= 0.3 is 5.97 Å². The second kappa shape index (κ2) is 27.3. The Hall–Kier alpha value is -4.99. The number of likely N-dealkylation sites (N-methyl/N-ethyl adjacent to an activating group) is 2. The number of carboxylic acid groups (broad SMARTS) is 1. The van der Waals surface area contributed by atoms with Gasteiger partial charge in [-0.3, -0.25) is 28.9 Å². The molecule has 1 aliphatic rings. The molecule has 68 heavy (non-hydrogen) atoms. The predicted molar refractivity (Wildman–Crippen MR) is 262 cm³/mol. The van der Waals surface area contributed by atoms with Gasteiger partial charge in [-0.05, 0) is 87.6 Å². The van der Waals surface area contributed by atoms with Crippen LogP contribution in [0.25, 0.3) is 11.5 Å². The number of carbonyl (C=O) groups is 5. The smallest absolute Gasteiger partial charge is 0.303 e. The van der Waals surface area contributed by atoms with E-state index in [-0.39, 0.29) is 66.1 Å². The first kappa shape index (κ1) is 55.6. The molecule has 1 fully saturated rings. The zero-order valence-electron chi connectivity index (χ0n) is 42.6. The largest absolute Gasteiger partial charge is 0.481 e. The number of ether oxygens (including phenoxy) is 2. The van der Waals surface area contributed by atoms with Gasteiger partial charge in [0.2, 0.25) is 29.5 Å². The van der Waals surface area contributed by atoms with Crippen molar-refractivity contribution in [3.8, 4) is 11.5 Å². The summed E-state index contributed by atoms with van der Waals surface area (Å²) < 4.78 is 18.4. The van der Waals surface area contributed by atoms with Crippen molar-refractivity contribution in [1.29, 1.82) is 0 Å². The van der Waals surface area contributed by atoms with Crippen molar-refractivity contribution in [3.05, 3.63) is 72.1 Å². The van der Waals surface area contributed by atoms with Gasteiger partial charge < -0.3 is 34.1 Å². The molecule has 1 unspecified atom stereocenters. The first-order valence-corrected chi connectivity index (χ1v) is 24.7. The Balaban J connectivity index is 1.44. The van der Waals surface area contributed by atoms with Gasteiger partial charge in [0.1, 0.15) is 11.8 Å². The van der Waals surface area contributed by atoms with Crippen LogP contribution in [-0.2, 0) is 39.9 Å². The molecule has 0 spiro atoms. The second-order valence-corrected chi connectivity index (χ2v) is 19.5. The fraction of sp³-hybridized carbons (Fsp3) is 0.642. The van der Waals surface area contributed by atoms with Gasteiger partial charge in [-0.15, -0.1) is 10.2 Å². The summed E-state index contributed by atoms with van der Waals surface area (Å²) in [7, 11) is 6.68. The van der Waals surface area contributed by atoms with Crippen LogP contribution < -0.4 is 5.32 Å². The molecule has 0 aliphatic carbocycles. The number of benzene rings is 2. The van der Waals surface area contributed by atoms with Crippen molar-refractivity contribution in [2.75, 3.05) is 41.4 Å². The lowest BCUT2D eigenvalue weighted by Gasteiger charge is -2.41. The molecule has 3 amide bonds. The summed E-state index contributed by atoms with van der Waals surface area (Å²) in [6.07, 6.45) is 3.68. The van der Waals surface area contributed by atoms with Crippen LogP contribution in [0.2, 0.25) is 0 Å². The molecule has 15 heteroatoms. The van der Waals surface area contributed by atoms with E-state index in [1.807, 2.05) is 107 Å². The highest BCUT2D eigenvalue weighted by atomic mass is 16.5. The maximum Gasteiger partial charge on any atom is 0.303 e. The lowest BCUT2D eigenvalue weighted by atomic mass is 9.87. The Bertz CT molecular complexity index is 2030. The lowest BCUT2D eigenvalue weighted by Crippen LogP contribution is -2.60. The molecule has 2 heterocycles. The van der Waals surface area contributed by atoms with Crippen LogP contribution in [0.1, 0.15) is 124 Å². The summed E-state index contributed by atoms with van der Waals surface area (Å²) in [5, 5.41) is 21.0. The molecule has 0 bridgehead atoms. The van der Waals surface area contributed by atoms with Gasteiger partial charge in [-0.2, -0.15) is 0 Å². The molecule has 2 N–H and O–H groups in total. The topological polar surface area (TPSA) is 185 Å². The summed E-state index contributed by atoms with van der Waals surface area (Å²) in [6.45, 7) is 14.5. The number of nitrogens with one attached hydrogen (secondary N) is 1. The highest BCUT2D eigenvalue weighted by Gasteiger charge is 2.43. The number of likely N-dealkylation sites (tertiary alicyclic amines) is 1. The van der Waals surface area contributed by atoms with Crippen LogP contribution >= 0.6 is 0 Å². The van der Waals surface area contributed by atoms with E-state index in [0.717, 1.165) is 17.5 Å². The van der Waals surface area contributed by atoms with Crippen LogP contribution in [0.5, 0.6) is 0 Å².